The van der Waals surface area contributed by atoms with Crippen LogP contribution in [-0.2, 0) is 14.3 Å². The quantitative estimate of drug-likeness (QED) is 0.339. The van der Waals surface area contributed by atoms with Crippen molar-refractivity contribution in [2.24, 2.45) is 0 Å². The highest BCUT2D eigenvalue weighted by Crippen LogP contribution is 2.47. The number of benzene rings is 1. The Kier molecular flexibility index (Phi) is 7.89. The van der Waals surface area contributed by atoms with Gasteiger partial charge in [0.15, 0.2) is 11.5 Å². The van der Waals surface area contributed by atoms with E-state index in [0.29, 0.717) is 58.3 Å². The maximum absolute atomic E-state index is 13.2. The lowest BCUT2D eigenvalue weighted by atomic mass is 9.91. The molecule has 3 aromatic rings. The average molecular weight is 526 g/mol. The number of nitrogens with one attached hydrogen (secondary N) is 3. The summed E-state index contributed by atoms with van der Waals surface area (Å²) in [6, 6.07) is 3.69. The maximum atomic E-state index is 13.2. The van der Waals surface area contributed by atoms with Gasteiger partial charge in [-0.25, -0.2) is 9.97 Å². The molecule has 38 heavy (non-hydrogen) atoms. The number of H-pyrrole nitrogens is 1. The van der Waals surface area contributed by atoms with Gasteiger partial charge >= 0.3 is 0 Å². The van der Waals surface area contributed by atoms with E-state index in [4.69, 9.17) is 23.7 Å². The van der Waals surface area contributed by atoms with Crippen LogP contribution in [0.15, 0.2) is 24.7 Å². The number of methoxy groups -OCH3 is 2. The molecule has 5 rings (SSSR count). The Morgan fingerprint density at radius 3 is 2.58 bits per heavy atom. The molecule has 1 saturated carbocycles. The van der Waals surface area contributed by atoms with E-state index in [0.717, 1.165) is 25.7 Å². The van der Waals surface area contributed by atoms with Crippen molar-refractivity contribution in [3.63, 3.8) is 0 Å². The van der Waals surface area contributed by atoms with E-state index in [-0.39, 0.29) is 37.3 Å². The van der Waals surface area contributed by atoms with Gasteiger partial charge in [-0.3, -0.25) is 9.59 Å². The minimum atomic E-state index is -0.220. The summed E-state index contributed by atoms with van der Waals surface area (Å²) in [5.41, 5.74) is 2.66. The van der Waals surface area contributed by atoms with Crippen molar-refractivity contribution in [3.05, 3.63) is 30.2 Å². The molecular formula is C26H31N5O7. The summed E-state index contributed by atoms with van der Waals surface area (Å²) in [7, 11) is 3.10. The zero-order valence-electron chi connectivity index (χ0n) is 21.4. The molecule has 3 N–H and O–H groups in total. The maximum Gasteiger partial charge on any atom is 0.255 e. The van der Waals surface area contributed by atoms with Crippen molar-refractivity contribution in [1.82, 2.24) is 25.6 Å². The highest BCUT2D eigenvalue weighted by Gasteiger charge is 2.28. The second kappa shape index (κ2) is 11.7. The summed E-state index contributed by atoms with van der Waals surface area (Å²) < 4.78 is 27.3. The zero-order chi connectivity index (χ0) is 26.5. The number of aromatic amines is 1. The van der Waals surface area contributed by atoms with Crippen LogP contribution in [0, 0.1) is 0 Å². The van der Waals surface area contributed by atoms with Crippen LogP contribution >= 0.6 is 0 Å². The molecule has 12 nitrogen and oxygen atoms in total. The Morgan fingerprint density at radius 1 is 1.03 bits per heavy atom. The van der Waals surface area contributed by atoms with Crippen LogP contribution in [0.1, 0.15) is 36.0 Å². The number of amides is 2. The average Bonchev–Trinajstić information content (AvgIpc) is 3.57. The number of fused-ring (bicyclic) bond motifs is 2. The van der Waals surface area contributed by atoms with Crippen molar-refractivity contribution < 1.29 is 33.3 Å². The highest BCUT2D eigenvalue weighted by atomic mass is 16.7. The monoisotopic (exact) mass is 525 g/mol. The largest absolute Gasteiger partial charge is 0.490 e. The van der Waals surface area contributed by atoms with E-state index >= 15 is 0 Å². The second-order valence-electron chi connectivity index (χ2n) is 9.18. The van der Waals surface area contributed by atoms with Gasteiger partial charge in [-0.15, -0.1) is 0 Å². The third-order valence-corrected chi connectivity index (χ3v) is 6.69. The number of rotatable bonds is 10. The second-order valence-corrected chi connectivity index (χ2v) is 9.18. The highest BCUT2D eigenvalue weighted by molar-refractivity contribution is 6.08. The molecule has 0 bridgehead atoms. The van der Waals surface area contributed by atoms with Gasteiger partial charge in [-0.2, -0.15) is 0 Å². The van der Waals surface area contributed by atoms with Gasteiger partial charge in [0.05, 0.1) is 23.3 Å². The molecule has 0 spiro atoms. The van der Waals surface area contributed by atoms with E-state index < -0.39 is 0 Å². The van der Waals surface area contributed by atoms with Crippen LogP contribution in [0.25, 0.3) is 22.3 Å². The molecule has 2 aromatic heterocycles. The Hall–Kier alpha value is -3.90. The molecule has 0 unspecified atom stereocenters. The Labute approximate surface area is 219 Å². The van der Waals surface area contributed by atoms with Gasteiger partial charge in [-0.05, 0) is 37.8 Å². The van der Waals surface area contributed by atoms with E-state index in [2.05, 4.69) is 25.6 Å². The number of ether oxygens (including phenoxy) is 5. The molecule has 2 amide bonds. The molecule has 0 radical (unpaired) electrons. The van der Waals surface area contributed by atoms with Gasteiger partial charge in [0.25, 0.3) is 5.91 Å². The lowest BCUT2D eigenvalue weighted by molar-refractivity contribution is -0.125. The molecule has 202 valence electrons. The number of nitrogens with zero attached hydrogens (tertiary/aromatic N) is 2. The van der Waals surface area contributed by atoms with Gasteiger partial charge in [0, 0.05) is 32.5 Å². The molecule has 12 heteroatoms. The third kappa shape index (κ3) is 5.36. The number of aromatic nitrogens is 3. The van der Waals surface area contributed by atoms with Crippen LogP contribution in [0.3, 0.4) is 0 Å². The van der Waals surface area contributed by atoms with Crippen molar-refractivity contribution >= 4 is 22.8 Å². The van der Waals surface area contributed by atoms with E-state index in [1.165, 1.54) is 13.4 Å². The molecule has 0 saturated heterocycles. The van der Waals surface area contributed by atoms with Crippen LogP contribution in [0.5, 0.6) is 17.2 Å². The number of carbonyl (C=O) groups is 2. The normalized spacial score (nSPS) is 18.4. The number of hydrogen-bond donors (Lipinski definition) is 3. The summed E-state index contributed by atoms with van der Waals surface area (Å²) in [6.45, 7) is 0.900. The SMILES string of the molecule is COCCOc1ccc2c(c1-c1ncnc3c(C(=O)N[C@H]4CC[C@@H](NC(=O)COC)CC4)c[nH]c13)OCO2. The first-order valence-corrected chi connectivity index (χ1v) is 12.5. The van der Waals surface area contributed by atoms with Crippen LogP contribution in [0.2, 0.25) is 0 Å². The molecule has 3 heterocycles. The predicted molar refractivity (Wildman–Crippen MR) is 136 cm³/mol. The molecule has 1 aromatic carbocycles. The number of hydrogen-bond acceptors (Lipinski definition) is 9. The first kappa shape index (κ1) is 25.7. The standard InChI is InChI=1S/C26H31N5O7/c1-34-9-10-36-18-7-8-19-25(38-14-37-19)21(18)23-24-22(28-13-29-23)17(11-27-24)26(33)31-16-5-3-15(4-6-16)30-20(32)12-35-2/h7-8,11,13,15-16,27H,3-6,9-10,12,14H2,1-2H3,(H,30,32)(H,31,33)/t15-,16+. The molecule has 1 fully saturated rings. The van der Waals surface area contributed by atoms with Crippen LogP contribution in [0.4, 0.5) is 0 Å². The number of carbonyl (C=O) groups excluding carboxylic acids is 2. The minimum absolute atomic E-state index is 0.00747. The Bertz CT molecular complexity index is 1300. The predicted octanol–water partition coefficient (Wildman–Crippen LogP) is 2.18. The van der Waals surface area contributed by atoms with Gasteiger partial charge in [0.2, 0.25) is 12.7 Å². The smallest absolute Gasteiger partial charge is 0.255 e. The van der Waals surface area contributed by atoms with Crippen molar-refractivity contribution in [3.8, 4) is 28.5 Å². The van der Waals surface area contributed by atoms with Gasteiger partial charge in [0.1, 0.15) is 36.5 Å². The lowest BCUT2D eigenvalue weighted by Gasteiger charge is -2.29. The zero-order valence-corrected chi connectivity index (χ0v) is 21.4. The van der Waals surface area contributed by atoms with Crippen molar-refractivity contribution in [2.45, 2.75) is 37.8 Å². The molecular weight excluding hydrogens is 494 g/mol. The van der Waals surface area contributed by atoms with Gasteiger partial charge < -0.3 is 39.3 Å². The Balaban J connectivity index is 1.35. The van der Waals surface area contributed by atoms with E-state index in [1.807, 2.05) is 0 Å². The summed E-state index contributed by atoms with van der Waals surface area (Å²) >= 11 is 0. The lowest BCUT2D eigenvalue weighted by Crippen LogP contribution is -2.44. The Morgan fingerprint density at radius 2 is 1.82 bits per heavy atom. The van der Waals surface area contributed by atoms with Crippen LogP contribution < -0.4 is 24.8 Å². The van der Waals surface area contributed by atoms with Crippen molar-refractivity contribution in [2.75, 3.05) is 40.8 Å². The molecule has 1 aliphatic heterocycles. The summed E-state index contributed by atoms with van der Waals surface area (Å²) in [6.07, 6.45) is 6.16. The summed E-state index contributed by atoms with van der Waals surface area (Å²) in [5, 5.41) is 6.09. The summed E-state index contributed by atoms with van der Waals surface area (Å²) in [4.78, 5) is 37.1. The molecule has 2 aliphatic rings. The first-order chi connectivity index (χ1) is 18.6. The minimum Gasteiger partial charge on any atom is -0.490 e. The van der Waals surface area contributed by atoms with E-state index in [9.17, 15) is 9.59 Å². The van der Waals surface area contributed by atoms with Gasteiger partial charge in [-0.1, -0.05) is 0 Å². The van der Waals surface area contributed by atoms with E-state index in [1.54, 1.807) is 25.4 Å². The van der Waals surface area contributed by atoms with Crippen molar-refractivity contribution in [1.29, 1.82) is 0 Å². The topological polar surface area (TPSA) is 146 Å². The fourth-order valence-electron chi connectivity index (χ4n) is 4.88. The fourth-order valence-corrected chi connectivity index (χ4v) is 4.88. The first-order valence-electron chi connectivity index (χ1n) is 12.5. The van der Waals surface area contributed by atoms with Crippen LogP contribution in [-0.4, -0.2) is 79.7 Å². The molecule has 1 aliphatic carbocycles. The fraction of sp³-hybridized carbons (Fsp3) is 0.462. The summed E-state index contributed by atoms with van der Waals surface area (Å²) in [5.74, 6) is 1.32. The molecule has 0 atom stereocenters. The third-order valence-electron chi connectivity index (χ3n) is 6.69.